The molecule has 3 rings (SSSR count). The highest BCUT2D eigenvalue weighted by Crippen LogP contribution is 2.33. The van der Waals surface area contributed by atoms with E-state index in [9.17, 15) is 5.11 Å². The van der Waals surface area contributed by atoms with Crippen molar-refractivity contribution in [3.8, 4) is 0 Å². The Hall–Kier alpha value is -0.240. The summed E-state index contributed by atoms with van der Waals surface area (Å²) in [5, 5.41) is 14.0. The summed E-state index contributed by atoms with van der Waals surface area (Å²) < 4.78 is 5.35. The van der Waals surface area contributed by atoms with E-state index < -0.39 is 0 Å². The predicted octanol–water partition coefficient (Wildman–Crippen LogP) is 0.981. The van der Waals surface area contributed by atoms with Crippen molar-refractivity contribution >= 4 is 23.5 Å². The van der Waals surface area contributed by atoms with E-state index in [0.717, 1.165) is 35.4 Å². The Balaban J connectivity index is 1.76. The first kappa shape index (κ1) is 12.8. The fraction of sp³-hybridized carbons (Fsp3) is 0.818. The minimum atomic E-state index is -0.346. The van der Waals surface area contributed by atoms with Crippen molar-refractivity contribution in [2.75, 3.05) is 36.6 Å². The second kappa shape index (κ2) is 5.40. The molecule has 3 atom stereocenters. The monoisotopic (exact) mass is 287 g/mol. The maximum Gasteiger partial charge on any atom is 0.233 e. The third-order valence-electron chi connectivity index (χ3n) is 3.52. The van der Waals surface area contributed by atoms with Crippen molar-refractivity contribution in [3.05, 3.63) is 11.7 Å². The van der Waals surface area contributed by atoms with E-state index in [2.05, 4.69) is 22.1 Å². The molecule has 0 radical (unpaired) electrons. The van der Waals surface area contributed by atoms with Crippen molar-refractivity contribution in [1.82, 2.24) is 15.0 Å². The molecule has 7 heteroatoms. The summed E-state index contributed by atoms with van der Waals surface area (Å²) in [6.07, 6.45) is -0.346. The van der Waals surface area contributed by atoms with Crippen LogP contribution in [0.5, 0.6) is 0 Å². The molecule has 1 aromatic rings. The first-order chi connectivity index (χ1) is 8.75. The molecule has 0 saturated carbocycles. The van der Waals surface area contributed by atoms with Crippen LogP contribution in [-0.2, 0) is 0 Å². The Morgan fingerprint density at radius 1 is 1.33 bits per heavy atom. The number of aliphatic hydroxyl groups is 1. The lowest BCUT2D eigenvalue weighted by molar-refractivity contribution is 0.164. The van der Waals surface area contributed by atoms with Gasteiger partial charge >= 0.3 is 0 Å². The molecule has 3 unspecified atom stereocenters. The fourth-order valence-electron chi connectivity index (χ4n) is 2.27. The van der Waals surface area contributed by atoms with Gasteiger partial charge in [-0.15, -0.1) is 0 Å². The molecular formula is C11H17N3O2S2. The van der Waals surface area contributed by atoms with Gasteiger partial charge in [0.05, 0.1) is 18.1 Å². The first-order valence-electron chi connectivity index (χ1n) is 6.13. The van der Waals surface area contributed by atoms with Crippen LogP contribution >= 0.6 is 23.5 Å². The van der Waals surface area contributed by atoms with E-state index >= 15 is 0 Å². The SMILES string of the molecule is CN1CCSCC1c1noc(C2CSCC2O)n1. The van der Waals surface area contributed by atoms with Gasteiger partial charge in [-0.2, -0.15) is 28.5 Å². The van der Waals surface area contributed by atoms with Crippen LogP contribution < -0.4 is 0 Å². The first-order valence-corrected chi connectivity index (χ1v) is 8.44. The number of aromatic nitrogens is 2. The van der Waals surface area contributed by atoms with Crippen LogP contribution in [-0.4, -0.2) is 62.9 Å². The van der Waals surface area contributed by atoms with Crippen LogP contribution in [0, 0.1) is 0 Å². The summed E-state index contributed by atoms with van der Waals surface area (Å²) in [7, 11) is 2.10. The van der Waals surface area contributed by atoms with Gasteiger partial charge in [0, 0.05) is 29.6 Å². The van der Waals surface area contributed by atoms with E-state index in [1.165, 1.54) is 0 Å². The summed E-state index contributed by atoms with van der Waals surface area (Å²) in [5.41, 5.74) is 0. The maximum atomic E-state index is 9.85. The van der Waals surface area contributed by atoms with Crippen molar-refractivity contribution in [2.45, 2.75) is 18.1 Å². The fourth-order valence-corrected chi connectivity index (χ4v) is 4.71. The van der Waals surface area contributed by atoms with Crippen molar-refractivity contribution in [3.63, 3.8) is 0 Å². The van der Waals surface area contributed by atoms with E-state index in [-0.39, 0.29) is 18.1 Å². The van der Waals surface area contributed by atoms with E-state index in [1.54, 1.807) is 11.8 Å². The second-order valence-corrected chi connectivity index (χ2v) is 7.00. The minimum Gasteiger partial charge on any atom is -0.391 e. The Bertz CT molecular complexity index is 415. The number of thioether (sulfide) groups is 2. The Labute approximate surface area is 115 Å². The Kier molecular flexibility index (Phi) is 3.83. The van der Waals surface area contributed by atoms with Gasteiger partial charge in [-0.3, -0.25) is 4.90 Å². The molecule has 0 bridgehead atoms. The van der Waals surface area contributed by atoms with E-state index in [4.69, 9.17) is 4.52 Å². The molecule has 18 heavy (non-hydrogen) atoms. The normalized spacial score (nSPS) is 34.0. The Morgan fingerprint density at radius 3 is 2.94 bits per heavy atom. The standard InChI is InChI=1S/C11H17N3O2S2/c1-14-2-3-17-5-8(14)10-12-11(16-13-10)7-4-18-6-9(7)15/h7-9,15H,2-6H2,1H3. The minimum absolute atomic E-state index is 0.0119. The number of aliphatic hydroxyl groups excluding tert-OH is 1. The largest absolute Gasteiger partial charge is 0.391 e. The van der Waals surface area contributed by atoms with Crippen LogP contribution in [0.4, 0.5) is 0 Å². The van der Waals surface area contributed by atoms with Gasteiger partial charge in [-0.1, -0.05) is 5.16 Å². The molecule has 2 saturated heterocycles. The van der Waals surface area contributed by atoms with Gasteiger partial charge in [0.1, 0.15) is 0 Å². The molecule has 1 aromatic heterocycles. The zero-order chi connectivity index (χ0) is 12.5. The van der Waals surface area contributed by atoms with Crippen LogP contribution in [0.15, 0.2) is 4.52 Å². The smallest absolute Gasteiger partial charge is 0.233 e. The van der Waals surface area contributed by atoms with Crippen molar-refractivity contribution in [1.29, 1.82) is 0 Å². The maximum absolute atomic E-state index is 9.85. The molecule has 5 nitrogen and oxygen atoms in total. The molecule has 2 aliphatic rings. The van der Waals surface area contributed by atoms with Gasteiger partial charge in [0.15, 0.2) is 5.82 Å². The number of hydrogen-bond donors (Lipinski definition) is 1. The zero-order valence-electron chi connectivity index (χ0n) is 10.3. The highest BCUT2D eigenvalue weighted by molar-refractivity contribution is 7.99. The molecule has 0 spiro atoms. The number of rotatable bonds is 2. The molecule has 1 N–H and O–H groups in total. The molecule has 2 fully saturated rings. The lowest BCUT2D eigenvalue weighted by Gasteiger charge is -2.29. The van der Waals surface area contributed by atoms with Crippen molar-refractivity contribution < 1.29 is 9.63 Å². The molecular weight excluding hydrogens is 270 g/mol. The summed E-state index contributed by atoms with van der Waals surface area (Å²) in [5.74, 6) is 5.19. The predicted molar refractivity (Wildman–Crippen MR) is 73.1 cm³/mol. The average Bonchev–Trinajstić information content (AvgIpc) is 2.98. The van der Waals surface area contributed by atoms with E-state index in [1.807, 2.05) is 11.8 Å². The summed E-state index contributed by atoms with van der Waals surface area (Å²) >= 11 is 3.67. The lowest BCUT2D eigenvalue weighted by Crippen LogP contribution is -2.33. The van der Waals surface area contributed by atoms with Crippen LogP contribution in [0.1, 0.15) is 23.7 Å². The average molecular weight is 287 g/mol. The summed E-state index contributed by atoms with van der Waals surface area (Å²) in [6, 6.07) is 0.243. The van der Waals surface area contributed by atoms with Gasteiger partial charge in [-0.25, -0.2) is 0 Å². The second-order valence-electron chi connectivity index (χ2n) is 4.77. The zero-order valence-corrected chi connectivity index (χ0v) is 11.9. The summed E-state index contributed by atoms with van der Waals surface area (Å²) in [6.45, 7) is 1.06. The van der Waals surface area contributed by atoms with Crippen molar-refractivity contribution in [2.24, 2.45) is 0 Å². The van der Waals surface area contributed by atoms with Crippen LogP contribution in [0.2, 0.25) is 0 Å². The highest BCUT2D eigenvalue weighted by Gasteiger charge is 2.33. The van der Waals surface area contributed by atoms with Crippen LogP contribution in [0.25, 0.3) is 0 Å². The van der Waals surface area contributed by atoms with Gasteiger partial charge in [-0.05, 0) is 7.05 Å². The van der Waals surface area contributed by atoms with Gasteiger partial charge in [0.2, 0.25) is 5.89 Å². The quantitative estimate of drug-likeness (QED) is 0.870. The highest BCUT2D eigenvalue weighted by atomic mass is 32.2. The van der Waals surface area contributed by atoms with Gasteiger partial charge < -0.3 is 9.63 Å². The van der Waals surface area contributed by atoms with Gasteiger partial charge in [0.25, 0.3) is 0 Å². The lowest BCUT2D eigenvalue weighted by atomic mass is 10.1. The Morgan fingerprint density at radius 2 is 2.22 bits per heavy atom. The van der Waals surface area contributed by atoms with Crippen LogP contribution in [0.3, 0.4) is 0 Å². The topological polar surface area (TPSA) is 62.4 Å². The molecule has 3 heterocycles. The van der Waals surface area contributed by atoms with E-state index in [0.29, 0.717) is 5.89 Å². The molecule has 0 aromatic carbocycles. The third-order valence-corrected chi connectivity index (χ3v) is 5.71. The molecule has 0 aliphatic carbocycles. The number of nitrogens with zero attached hydrogens (tertiary/aromatic N) is 3. The number of hydrogen-bond acceptors (Lipinski definition) is 7. The molecule has 0 amide bonds. The third kappa shape index (κ3) is 2.41. The molecule has 100 valence electrons. The molecule has 2 aliphatic heterocycles. The summed E-state index contributed by atoms with van der Waals surface area (Å²) in [4.78, 5) is 6.78.